The molecule has 0 saturated heterocycles. The third-order valence-electron chi connectivity index (χ3n) is 1.10. The standard InChI is InChI=1S/C6H6O4S/c1-4(7)5-2-3-6(10-5)11(8)9/h2-3H,1H3,(H,8,9). The van der Waals surface area contributed by atoms with Crippen LogP contribution in [0.5, 0.6) is 0 Å². The molecule has 0 fully saturated rings. The van der Waals surface area contributed by atoms with E-state index in [0.717, 1.165) is 0 Å². The predicted molar refractivity (Wildman–Crippen MR) is 37.7 cm³/mol. The fourth-order valence-electron chi connectivity index (χ4n) is 0.603. The topological polar surface area (TPSA) is 67.5 Å². The second-order valence-electron chi connectivity index (χ2n) is 1.92. The summed E-state index contributed by atoms with van der Waals surface area (Å²) in [5, 5.41) is -0.102. The van der Waals surface area contributed by atoms with Crippen LogP contribution < -0.4 is 0 Å². The maximum Gasteiger partial charge on any atom is 0.223 e. The van der Waals surface area contributed by atoms with E-state index in [1.54, 1.807) is 0 Å². The molecule has 1 N–H and O–H groups in total. The Bertz CT molecular complexity index is 273. The van der Waals surface area contributed by atoms with Crippen molar-refractivity contribution in [1.29, 1.82) is 0 Å². The fraction of sp³-hybridized carbons (Fsp3) is 0.167. The van der Waals surface area contributed by atoms with Crippen molar-refractivity contribution in [3.05, 3.63) is 17.9 Å². The van der Waals surface area contributed by atoms with Crippen molar-refractivity contribution >= 4 is 16.9 Å². The van der Waals surface area contributed by atoms with E-state index in [1.807, 2.05) is 0 Å². The highest BCUT2D eigenvalue weighted by Gasteiger charge is 2.08. The van der Waals surface area contributed by atoms with Gasteiger partial charge in [-0.3, -0.25) is 9.35 Å². The van der Waals surface area contributed by atoms with E-state index >= 15 is 0 Å². The SMILES string of the molecule is CC(=O)c1ccc(S(=O)O)o1. The van der Waals surface area contributed by atoms with Crippen LogP contribution in [0.2, 0.25) is 0 Å². The molecule has 1 rings (SSSR count). The maximum absolute atomic E-state index is 10.6. The fourth-order valence-corrected chi connectivity index (χ4v) is 0.949. The Balaban J connectivity index is 2.99. The number of carbonyl (C=O) groups excluding carboxylic acids is 1. The van der Waals surface area contributed by atoms with Crippen LogP contribution >= 0.6 is 0 Å². The van der Waals surface area contributed by atoms with Crippen molar-refractivity contribution in [3.63, 3.8) is 0 Å². The summed E-state index contributed by atoms with van der Waals surface area (Å²) in [5.74, 6) is -0.163. The zero-order valence-electron chi connectivity index (χ0n) is 5.73. The summed E-state index contributed by atoms with van der Waals surface area (Å²) in [6.45, 7) is 1.32. The molecule has 4 nitrogen and oxygen atoms in total. The van der Waals surface area contributed by atoms with E-state index in [1.165, 1.54) is 19.1 Å². The van der Waals surface area contributed by atoms with Gasteiger partial charge in [0, 0.05) is 6.92 Å². The first kappa shape index (κ1) is 8.16. The average Bonchev–Trinajstić information content (AvgIpc) is 2.33. The molecule has 1 atom stereocenters. The number of hydrogen-bond donors (Lipinski definition) is 1. The van der Waals surface area contributed by atoms with E-state index in [2.05, 4.69) is 0 Å². The van der Waals surface area contributed by atoms with Gasteiger partial charge in [0.25, 0.3) is 0 Å². The first-order valence-electron chi connectivity index (χ1n) is 2.83. The van der Waals surface area contributed by atoms with Gasteiger partial charge in [-0.25, -0.2) is 4.21 Å². The molecule has 0 aliphatic carbocycles. The first-order chi connectivity index (χ1) is 5.11. The third-order valence-corrected chi connectivity index (χ3v) is 1.66. The van der Waals surface area contributed by atoms with Crippen molar-refractivity contribution in [1.82, 2.24) is 0 Å². The van der Waals surface area contributed by atoms with Crippen LogP contribution in [0.1, 0.15) is 17.5 Å². The van der Waals surface area contributed by atoms with Crippen LogP contribution in [-0.2, 0) is 11.1 Å². The summed E-state index contributed by atoms with van der Waals surface area (Å²) < 4.78 is 23.5. The zero-order chi connectivity index (χ0) is 8.43. The van der Waals surface area contributed by atoms with Gasteiger partial charge < -0.3 is 4.42 Å². The number of ketones is 1. The Kier molecular flexibility index (Phi) is 2.21. The minimum atomic E-state index is -2.14. The number of Topliss-reactive ketones (excluding diaryl/α,β-unsaturated/α-hetero) is 1. The van der Waals surface area contributed by atoms with Gasteiger partial charge in [0.2, 0.25) is 16.2 Å². The van der Waals surface area contributed by atoms with E-state index < -0.39 is 11.1 Å². The lowest BCUT2D eigenvalue weighted by molar-refractivity contribution is 0.0982. The predicted octanol–water partition coefficient (Wildman–Crippen LogP) is 1.06. The van der Waals surface area contributed by atoms with Gasteiger partial charge in [0.15, 0.2) is 11.5 Å². The van der Waals surface area contributed by atoms with Crippen molar-refractivity contribution < 1.29 is 18.0 Å². The molecule has 0 bridgehead atoms. The van der Waals surface area contributed by atoms with Crippen LogP contribution in [0.3, 0.4) is 0 Å². The van der Waals surface area contributed by atoms with Gasteiger partial charge in [0.1, 0.15) is 0 Å². The number of rotatable bonds is 2. The van der Waals surface area contributed by atoms with Gasteiger partial charge >= 0.3 is 0 Å². The second kappa shape index (κ2) is 2.98. The molecule has 0 radical (unpaired) electrons. The molecule has 11 heavy (non-hydrogen) atoms. The molecular weight excluding hydrogens is 168 g/mol. The lowest BCUT2D eigenvalue weighted by Gasteiger charge is -1.86. The summed E-state index contributed by atoms with van der Waals surface area (Å²) in [6.07, 6.45) is 0. The molecule has 60 valence electrons. The molecule has 0 aliphatic rings. The highest BCUT2D eigenvalue weighted by atomic mass is 32.2. The first-order valence-corrected chi connectivity index (χ1v) is 3.93. The van der Waals surface area contributed by atoms with Crippen LogP contribution in [0, 0.1) is 0 Å². The van der Waals surface area contributed by atoms with E-state index in [0.29, 0.717) is 0 Å². The van der Waals surface area contributed by atoms with Crippen molar-refractivity contribution in [3.8, 4) is 0 Å². The Labute approximate surface area is 65.5 Å². The van der Waals surface area contributed by atoms with E-state index in [9.17, 15) is 9.00 Å². The largest absolute Gasteiger partial charge is 0.442 e. The molecule has 0 aliphatic heterocycles. The molecule has 0 spiro atoms. The monoisotopic (exact) mass is 174 g/mol. The van der Waals surface area contributed by atoms with Gasteiger partial charge in [-0.1, -0.05) is 0 Å². The number of carbonyl (C=O) groups is 1. The normalized spacial score (nSPS) is 12.9. The summed E-state index contributed by atoms with van der Waals surface area (Å²) >= 11 is -2.14. The van der Waals surface area contributed by atoms with Crippen LogP contribution in [0.4, 0.5) is 0 Å². The summed E-state index contributed by atoms with van der Waals surface area (Å²) in [5.41, 5.74) is 0. The molecule has 1 aromatic heterocycles. The number of furan rings is 1. The molecule has 0 saturated carbocycles. The highest BCUT2D eigenvalue weighted by Crippen LogP contribution is 2.10. The lowest BCUT2D eigenvalue weighted by atomic mass is 10.3. The van der Waals surface area contributed by atoms with Crippen molar-refractivity contribution in [2.45, 2.75) is 12.0 Å². The summed E-state index contributed by atoms with van der Waals surface area (Å²) in [7, 11) is 0. The molecule has 1 aromatic rings. The van der Waals surface area contributed by atoms with Crippen molar-refractivity contribution in [2.75, 3.05) is 0 Å². The molecular formula is C6H6O4S. The van der Waals surface area contributed by atoms with Crippen molar-refractivity contribution in [2.24, 2.45) is 0 Å². The van der Waals surface area contributed by atoms with Gasteiger partial charge in [-0.15, -0.1) is 0 Å². The summed E-state index contributed by atoms with van der Waals surface area (Å²) in [6, 6.07) is 2.67. The number of hydrogen-bond acceptors (Lipinski definition) is 3. The molecule has 1 heterocycles. The smallest absolute Gasteiger partial charge is 0.223 e. The maximum atomic E-state index is 10.6. The molecule has 1 unspecified atom stereocenters. The van der Waals surface area contributed by atoms with Gasteiger partial charge in [0.05, 0.1) is 0 Å². The summed E-state index contributed by atoms with van der Waals surface area (Å²) in [4.78, 5) is 10.6. The Morgan fingerprint density at radius 3 is 2.55 bits per heavy atom. The van der Waals surface area contributed by atoms with Gasteiger partial charge in [-0.05, 0) is 12.1 Å². The minimum absolute atomic E-state index is 0.0994. The van der Waals surface area contributed by atoms with Crippen LogP contribution in [0.25, 0.3) is 0 Å². The molecule has 0 amide bonds. The molecule has 0 aromatic carbocycles. The van der Waals surface area contributed by atoms with E-state index in [4.69, 9.17) is 8.97 Å². The second-order valence-corrected chi connectivity index (χ2v) is 2.82. The Morgan fingerprint density at radius 1 is 1.64 bits per heavy atom. The van der Waals surface area contributed by atoms with Crippen LogP contribution in [0.15, 0.2) is 21.6 Å². The average molecular weight is 174 g/mol. The third kappa shape index (κ3) is 1.75. The zero-order valence-corrected chi connectivity index (χ0v) is 6.55. The van der Waals surface area contributed by atoms with Crippen LogP contribution in [-0.4, -0.2) is 14.5 Å². The lowest BCUT2D eigenvalue weighted by Crippen LogP contribution is -1.87. The minimum Gasteiger partial charge on any atom is -0.442 e. The Hall–Kier alpha value is -0.940. The highest BCUT2D eigenvalue weighted by molar-refractivity contribution is 7.79. The Morgan fingerprint density at radius 2 is 2.27 bits per heavy atom. The quantitative estimate of drug-likeness (QED) is 0.537. The van der Waals surface area contributed by atoms with E-state index in [-0.39, 0.29) is 16.6 Å². The molecule has 5 heteroatoms. The van der Waals surface area contributed by atoms with Gasteiger partial charge in [-0.2, -0.15) is 0 Å².